The number of pyridine rings is 1. The number of anilines is 1. The first-order valence-electron chi connectivity index (χ1n) is 7.20. The lowest BCUT2D eigenvalue weighted by Gasteiger charge is -1.99. The molecule has 2 rings (SSSR count). The van der Waals surface area contributed by atoms with Crippen LogP contribution in [0.2, 0.25) is 0 Å². The van der Waals surface area contributed by atoms with E-state index >= 15 is 0 Å². The van der Waals surface area contributed by atoms with Crippen molar-refractivity contribution < 1.29 is 0 Å². The summed E-state index contributed by atoms with van der Waals surface area (Å²) in [6, 6.07) is 1.65. The summed E-state index contributed by atoms with van der Waals surface area (Å²) >= 11 is 0. The number of aryl methyl sites for hydroxylation is 1. The Hall–Kier alpha value is -1.91. The van der Waals surface area contributed by atoms with E-state index in [1.165, 1.54) is 12.7 Å². The minimum atomic E-state index is -0.185. The highest BCUT2D eigenvalue weighted by atomic mass is 16.1. The van der Waals surface area contributed by atoms with Gasteiger partial charge in [-0.25, -0.2) is 9.97 Å². The lowest BCUT2D eigenvalue weighted by molar-refractivity contribution is 1.09. The molecule has 0 unspecified atom stereocenters. The fourth-order valence-corrected chi connectivity index (χ4v) is 1.28. The van der Waals surface area contributed by atoms with Crippen LogP contribution in [-0.2, 0) is 0 Å². The number of H-pyrrole nitrogens is 1. The average molecular weight is 280 g/mol. The Morgan fingerprint density at radius 1 is 1.20 bits per heavy atom. The summed E-state index contributed by atoms with van der Waals surface area (Å²) in [4.78, 5) is 21.7. The van der Waals surface area contributed by atoms with Gasteiger partial charge in [0.15, 0.2) is 5.65 Å². The van der Waals surface area contributed by atoms with E-state index in [0.717, 1.165) is 5.56 Å². The van der Waals surface area contributed by atoms with Crippen LogP contribution in [0.25, 0.3) is 11.0 Å². The standard InChI is InChI=1S/C8H8N4O.C3H8.2C2H6/c1-4-2-5(9)12-7-6(4)8(13)11-3-10-7;1-3-2;2*1-2/h2-3H,1H3,(H3,9,10,11,12,13);3H2,1-2H3;2*1-2H3. The third kappa shape index (κ3) is 6.31. The van der Waals surface area contributed by atoms with Gasteiger partial charge in [-0.2, -0.15) is 0 Å². The summed E-state index contributed by atoms with van der Waals surface area (Å²) in [5, 5.41) is 0.497. The van der Waals surface area contributed by atoms with E-state index < -0.39 is 0 Å². The van der Waals surface area contributed by atoms with Gasteiger partial charge in [-0.3, -0.25) is 4.79 Å². The molecular formula is C15H28N4O. The van der Waals surface area contributed by atoms with Gasteiger partial charge >= 0.3 is 0 Å². The number of aromatic amines is 1. The molecule has 0 amide bonds. The number of fused-ring (bicyclic) bond motifs is 1. The van der Waals surface area contributed by atoms with Gasteiger partial charge in [-0.05, 0) is 18.6 Å². The summed E-state index contributed by atoms with van der Waals surface area (Å²) in [7, 11) is 0. The predicted molar refractivity (Wildman–Crippen MR) is 88.0 cm³/mol. The number of rotatable bonds is 0. The SMILES string of the molecule is CC.CC.CCC.Cc1cc(N)nc2nc[nH]c(=O)c12. The number of nitrogens with one attached hydrogen (secondary N) is 1. The first kappa shape index (κ1) is 20.4. The summed E-state index contributed by atoms with van der Waals surface area (Å²) in [5.41, 5.74) is 6.51. The first-order valence-corrected chi connectivity index (χ1v) is 7.20. The second-order valence-corrected chi connectivity index (χ2v) is 3.50. The van der Waals surface area contributed by atoms with Crippen molar-refractivity contribution in [3.63, 3.8) is 0 Å². The Morgan fingerprint density at radius 3 is 2.20 bits per heavy atom. The van der Waals surface area contributed by atoms with Crippen LogP contribution in [0.1, 0.15) is 53.5 Å². The summed E-state index contributed by atoms with van der Waals surface area (Å²) in [6.07, 6.45) is 2.57. The van der Waals surface area contributed by atoms with Crippen molar-refractivity contribution in [1.82, 2.24) is 15.0 Å². The van der Waals surface area contributed by atoms with Gasteiger partial charge in [0.2, 0.25) is 0 Å². The Balaban J connectivity index is 0. The zero-order valence-electron chi connectivity index (χ0n) is 13.7. The van der Waals surface area contributed by atoms with Crippen LogP contribution in [0, 0.1) is 6.92 Å². The third-order valence-corrected chi connectivity index (χ3v) is 1.83. The molecule has 0 fully saturated rings. The number of nitrogen functional groups attached to an aromatic ring is 1. The fraction of sp³-hybridized carbons (Fsp3) is 0.533. The molecule has 0 atom stereocenters. The van der Waals surface area contributed by atoms with Crippen molar-refractivity contribution >= 4 is 16.9 Å². The zero-order chi connectivity index (χ0) is 16.1. The van der Waals surface area contributed by atoms with E-state index in [4.69, 9.17) is 5.73 Å². The molecule has 0 aliphatic carbocycles. The highest BCUT2D eigenvalue weighted by Gasteiger charge is 2.04. The first-order chi connectivity index (χ1) is 9.60. The van der Waals surface area contributed by atoms with E-state index in [1.54, 1.807) is 13.0 Å². The molecule has 0 saturated carbocycles. The molecule has 0 aliphatic rings. The maximum absolute atomic E-state index is 11.3. The smallest absolute Gasteiger partial charge is 0.260 e. The number of nitrogens with zero attached hydrogens (tertiary/aromatic N) is 2. The van der Waals surface area contributed by atoms with Crippen LogP contribution in [0.5, 0.6) is 0 Å². The normalized spacial score (nSPS) is 8.35. The summed E-state index contributed by atoms with van der Waals surface area (Å²) < 4.78 is 0. The van der Waals surface area contributed by atoms with Gasteiger partial charge in [-0.1, -0.05) is 48.0 Å². The summed E-state index contributed by atoms with van der Waals surface area (Å²) in [6.45, 7) is 14.1. The van der Waals surface area contributed by atoms with Crippen LogP contribution in [0.4, 0.5) is 5.82 Å². The van der Waals surface area contributed by atoms with Gasteiger partial charge < -0.3 is 10.7 Å². The summed E-state index contributed by atoms with van der Waals surface area (Å²) in [5.74, 6) is 0.378. The van der Waals surface area contributed by atoms with Crippen molar-refractivity contribution in [2.24, 2.45) is 0 Å². The van der Waals surface area contributed by atoms with Crippen LogP contribution in [-0.4, -0.2) is 15.0 Å². The van der Waals surface area contributed by atoms with Crippen molar-refractivity contribution in [1.29, 1.82) is 0 Å². The van der Waals surface area contributed by atoms with Gasteiger partial charge in [0, 0.05) is 0 Å². The molecule has 114 valence electrons. The fourth-order valence-electron chi connectivity index (χ4n) is 1.28. The third-order valence-electron chi connectivity index (χ3n) is 1.83. The lowest BCUT2D eigenvalue weighted by atomic mass is 10.2. The average Bonchev–Trinajstić information content (AvgIpc) is 2.43. The predicted octanol–water partition coefficient (Wildman–Crippen LogP) is 3.68. The number of hydrogen-bond acceptors (Lipinski definition) is 4. The highest BCUT2D eigenvalue weighted by Crippen LogP contribution is 2.11. The Labute approximate surface area is 121 Å². The molecule has 5 nitrogen and oxygen atoms in total. The van der Waals surface area contributed by atoms with Crippen LogP contribution < -0.4 is 11.3 Å². The molecular weight excluding hydrogens is 252 g/mol. The van der Waals surface area contributed by atoms with E-state index in [2.05, 4.69) is 28.8 Å². The number of nitrogens with two attached hydrogens (primary N) is 1. The van der Waals surface area contributed by atoms with E-state index in [0.29, 0.717) is 16.9 Å². The molecule has 2 aromatic heterocycles. The van der Waals surface area contributed by atoms with Gasteiger partial charge in [0.05, 0.1) is 11.7 Å². The van der Waals surface area contributed by atoms with Gasteiger partial charge in [0.25, 0.3) is 5.56 Å². The van der Waals surface area contributed by atoms with E-state index in [1.807, 2.05) is 27.7 Å². The topological polar surface area (TPSA) is 84.7 Å². The second-order valence-electron chi connectivity index (χ2n) is 3.50. The molecule has 0 aliphatic heterocycles. The van der Waals surface area contributed by atoms with Crippen molar-refractivity contribution in [3.8, 4) is 0 Å². The van der Waals surface area contributed by atoms with Crippen molar-refractivity contribution in [2.75, 3.05) is 5.73 Å². The lowest BCUT2D eigenvalue weighted by Crippen LogP contribution is -2.09. The van der Waals surface area contributed by atoms with E-state index in [-0.39, 0.29) is 5.56 Å². The van der Waals surface area contributed by atoms with Crippen molar-refractivity contribution in [3.05, 3.63) is 28.3 Å². The van der Waals surface area contributed by atoms with Crippen LogP contribution >= 0.6 is 0 Å². The molecule has 0 saturated heterocycles. The van der Waals surface area contributed by atoms with Crippen LogP contribution in [0.3, 0.4) is 0 Å². The maximum Gasteiger partial charge on any atom is 0.260 e. The molecule has 0 aromatic carbocycles. The molecule has 3 N–H and O–H groups in total. The molecule has 0 bridgehead atoms. The van der Waals surface area contributed by atoms with E-state index in [9.17, 15) is 4.79 Å². The quantitative estimate of drug-likeness (QED) is 0.771. The Morgan fingerprint density at radius 2 is 1.70 bits per heavy atom. The van der Waals surface area contributed by atoms with Gasteiger partial charge in [-0.15, -0.1) is 0 Å². The minimum Gasteiger partial charge on any atom is -0.384 e. The maximum atomic E-state index is 11.3. The van der Waals surface area contributed by atoms with Crippen molar-refractivity contribution in [2.45, 2.75) is 54.9 Å². The molecule has 5 heteroatoms. The molecule has 2 aromatic rings. The Kier molecular flexibility index (Phi) is 12.4. The number of hydrogen-bond donors (Lipinski definition) is 2. The molecule has 0 radical (unpaired) electrons. The van der Waals surface area contributed by atoms with Gasteiger partial charge in [0.1, 0.15) is 5.82 Å². The number of aromatic nitrogens is 3. The highest BCUT2D eigenvalue weighted by molar-refractivity contribution is 5.78. The minimum absolute atomic E-state index is 0.185. The monoisotopic (exact) mass is 280 g/mol. The molecule has 20 heavy (non-hydrogen) atoms. The molecule has 2 heterocycles. The zero-order valence-corrected chi connectivity index (χ0v) is 13.7. The van der Waals surface area contributed by atoms with Crippen LogP contribution in [0.15, 0.2) is 17.2 Å². The second kappa shape index (κ2) is 12.1. The largest absolute Gasteiger partial charge is 0.384 e. The Bertz CT molecular complexity index is 535. The molecule has 0 spiro atoms.